The van der Waals surface area contributed by atoms with Crippen molar-refractivity contribution in [2.24, 2.45) is 0 Å². The molecule has 1 aliphatic rings. The number of rotatable bonds is 9. The van der Waals surface area contributed by atoms with Crippen LogP contribution in [0.5, 0.6) is 5.75 Å². The van der Waals surface area contributed by atoms with E-state index < -0.39 is 11.7 Å². The largest absolute Gasteiger partial charge is 0.490 e. The highest BCUT2D eigenvalue weighted by Crippen LogP contribution is 2.19. The van der Waals surface area contributed by atoms with E-state index in [0.717, 1.165) is 15.9 Å². The molecule has 0 aliphatic carbocycles. The molecule has 2 rings (SSSR count). The Morgan fingerprint density at radius 2 is 1.91 bits per heavy atom. The van der Waals surface area contributed by atoms with E-state index in [2.05, 4.69) is 10.3 Å². The molecule has 0 aromatic heterocycles. The lowest BCUT2D eigenvalue weighted by Gasteiger charge is -2.24. The predicted molar refractivity (Wildman–Crippen MR) is 120 cm³/mol. The summed E-state index contributed by atoms with van der Waals surface area (Å²) in [6.45, 7) is 7.08. The van der Waals surface area contributed by atoms with Crippen molar-refractivity contribution in [3.8, 4) is 5.75 Å². The summed E-state index contributed by atoms with van der Waals surface area (Å²) in [5, 5.41) is 41.6. The fourth-order valence-electron chi connectivity index (χ4n) is 2.95. The minimum Gasteiger partial charge on any atom is -0.490 e. The molecule has 0 unspecified atom stereocenters. The van der Waals surface area contributed by atoms with Gasteiger partial charge in [0.15, 0.2) is 5.70 Å². The van der Waals surface area contributed by atoms with Crippen molar-refractivity contribution in [1.29, 1.82) is 0 Å². The van der Waals surface area contributed by atoms with Gasteiger partial charge in [0.2, 0.25) is 0 Å². The van der Waals surface area contributed by atoms with Gasteiger partial charge in [-0.15, -0.1) is 5.26 Å². The Labute approximate surface area is 188 Å². The summed E-state index contributed by atoms with van der Waals surface area (Å²) in [4.78, 5) is 4.30. The smallest absolute Gasteiger partial charge is 0.445 e. The Hall–Kier alpha value is -3.01. The Morgan fingerprint density at radius 1 is 1.25 bits per heavy atom. The summed E-state index contributed by atoms with van der Waals surface area (Å²) in [7, 11) is 1.42. The zero-order chi connectivity index (χ0) is 23.9. The van der Waals surface area contributed by atoms with E-state index in [1.807, 2.05) is 37.3 Å². The van der Waals surface area contributed by atoms with Crippen LogP contribution in [0.25, 0.3) is 6.08 Å². The monoisotopic (exact) mass is 449 g/mol. The van der Waals surface area contributed by atoms with Crippen LogP contribution in [0, 0.1) is 0 Å². The summed E-state index contributed by atoms with van der Waals surface area (Å²) in [5.74, 6) is 0.681. The summed E-state index contributed by atoms with van der Waals surface area (Å²) >= 11 is 0. The predicted octanol–water partition coefficient (Wildman–Crippen LogP) is 3.08. The second-order valence-corrected chi connectivity index (χ2v) is 8.14. The van der Waals surface area contributed by atoms with E-state index in [0.29, 0.717) is 30.9 Å². The standard InChI is InChI=1S/C23H32N2O7/c1-15(6-11-20(26)23(3,4)28)12-13-31-18-9-7-17(8-10-18)14-19-22(30-5)25(32-29)16(2)21(27)24-19/h7-10,12,14,20,24,26,28H,6,11,13H2,1-5H3,(H-,27,29)/p+1/b15-12+,19-14-/t20-/m0/s1. The van der Waals surface area contributed by atoms with Gasteiger partial charge in [-0.25, -0.2) is 0 Å². The van der Waals surface area contributed by atoms with Gasteiger partial charge in [-0.05, 0) is 63.5 Å². The Bertz CT molecular complexity index is 909. The average Bonchev–Trinajstić information content (AvgIpc) is 2.74. The molecular weight excluding hydrogens is 416 g/mol. The first-order chi connectivity index (χ1) is 15.1. The molecule has 5 N–H and O–H groups in total. The van der Waals surface area contributed by atoms with Crippen molar-refractivity contribution in [3.63, 3.8) is 0 Å². The molecule has 1 aromatic carbocycles. The number of aliphatic hydroxyl groups excluding tert-OH is 2. The number of hydroxylamine groups is 1. The van der Waals surface area contributed by atoms with Crippen molar-refractivity contribution in [2.45, 2.75) is 52.2 Å². The maximum atomic E-state index is 10.0. The zero-order valence-corrected chi connectivity index (χ0v) is 19.1. The molecule has 0 bridgehead atoms. The zero-order valence-electron chi connectivity index (χ0n) is 19.1. The van der Waals surface area contributed by atoms with Crippen molar-refractivity contribution in [1.82, 2.24) is 5.32 Å². The van der Waals surface area contributed by atoms with Gasteiger partial charge in [0.1, 0.15) is 12.4 Å². The lowest BCUT2D eigenvalue weighted by atomic mass is 9.96. The molecule has 9 heteroatoms. The lowest BCUT2D eigenvalue weighted by molar-refractivity contribution is -0.846. The molecule has 1 aromatic rings. The van der Waals surface area contributed by atoms with Gasteiger partial charge in [-0.2, -0.15) is 0 Å². The first kappa shape index (κ1) is 25.3. The molecule has 9 nitrogen and oxygen atoms in total. The highest BCUT2D eigenvalue weighted by molar-refractivity contribution is 5.94. The van der Waals surface area contributed by atoms with Gasteiger partial charge in [0.05, 0.1) is 23.6 Å². The summed E-state index contributed by atoms with van der Waals surface area (Å²) in [6.07, 6.45) is 4.03. The van der Waals surface area contributed by atoms with Crippen LogP contribution in [0.4, 0.5) is 0 Å². The molecule has 0 amide bonds. The molecule has 0 radical (unpaired) electrons. The van der Waals surface area contributed by atoms with E-state index >= 15 is 0 Å². The van der Waals surface area contributed by atoms with Crippen molar-refractivity contribution in [2.75, 3.05) is 13.7 Å². The van der Waals surface area contributed by atoms with Gasteiger partial charge in [-0.1, -0.05) is 22.7 Å². The normalized spacial score (nSPS) is 17.4. The summed E-state index contributed by atoms with van der Waals surface area (Å²) < 4.78 is 12.0. The first-order valence-electron chi connectivity index (χ1n) is 10.3. The number of nitrogens with zero attached hydrogens (tertiary/aromatic N) is 1. The number of benzene rings is 1. The van der Waals surface area contributed by atoms with Crippen molar-refractivity contribution < 1.29 is 39.8 Å². The van der Waals surface area contributed by atoms with Crippen LogP contribution < -0.4 is 10.1 Å². The number of aliphatic hydroxyl groups is 3. The second-order valence-electron chi connectivity index (χ2n) is 8.14. The van der Waals surface area contributed by atoms with Crippen LogP contribution in [0.15, 0.2) is 53.2 Å². The van der Waals surface area contributed by atoms with E-state index in [1.54, 1.807) is 26.8 Å². The third-order valence-electron chi connectivity index (χ3n) is 5.09. The van der Waals surface area contributed by atoms with Crippen molar-refractivity contribution >= 4 is 12.0 Å². The molecule has 0 spiro atoms. The molecule has 176 valence electrons. The summed E-state index contributed by atoms with van der Waals surface area (Å²) in [6, 6.07) is 7.29. The van der Waals surface area contributed by atoms with Gasteiger partial charge in [0, 0.05) is 6.92 Å². The molecule has 1 aliphatic heterocycles. The molecule has 0 saturated heterocycles. The van der Waals surface area contributed by atoms with Crippen LogP contribution in [0.1, 0.15) is 46.1 Å². The third-order valence-corrected chi connectivity index (χ3v) is 5.09. The van der Waals surface area contributed by atoms with E-state index in [9.17, 15) is 15.3 Å². The number of methoxy groups -OCH3 is 1. The maximum Gasteiger partial charge on any atom is 0.445 e. The number of nitrogens with one attached hydrogen (secondary N) is 1. The fraction of sp³-hybridized carbons (Fsp3) is 0.435. The minimum atomic E-state index is -1.11. The SMILES string of the molecule is COC1=[N+](OO)C(C)=C(O)N/C1=C\c1ccc(OC/C=C(\C)CC[C@H](O)C(C)(C)O)cc1. The van der Waals surface area contributed by atoms with Gasteiger partial charge in [0.25, 0.3) is 11.6 Å². The molecule has 1 atom stereocenters. The Balaban J connectivity index is 1.98. The Kier molecular flexibility index (Phi) is 8.71. The number of allylic oxidation sites excluding steroid dienone is 2. The second kappa shape index (κ2) is 11.0. The first-order valence-corrected chi connectivity index (χ1v) is 10.3. The van der Waals surface area contributed by atoms with Crippen LogP contribution in [-0.2, 0) is 9.73 Å². The van der Waals surface area contributed by atoms with Crippen LogP contribution in [-0.4, -0.2) is 56.6 Å². The van der Waals surface area contributed by atoms with Gasteiger partial charge >= 0.3 is 5.90 Å². The van der Waals surface area contributed by atoms with Crippen LogP contribution >= 0.6 is 0 Å². The fourth-order valence-corrected chi connectivity index (χ4v) is 2.95. The number of hydrogen-bond donors (Lipinski definition) is 5. The number of hydrogen-bond acceptors (Lipinski definition) is 8. The van der Waals surface area contributed by atoms with Gasteiger partial charge in [-0.3, -0.25) is 0 Å². The molecular formula is C23H33N2O7+. The third kappa shape index (κ3) is 6.74. The lowest BCUT2D eigenvalue weighted by Crippen LogP contribution is -2.36. The minimum absolute atomic E-state index is 0.178. The average molecular weight is 450 g/mol. The molecule has 32 heavy (non-hydrogen) atoms. The van der Waals surface area contributed by atoms with Crippen LogP contribution in [0.3, 0.4) is 0 Å². The van der Waals surface area contributed by atoms with Gasteiger partial charge < -0.3 is 30.1 Å². The van der Waals surface area contributed by atoms with Crippen molar-refractivity contribution in [3.05, 3.63) is 58.8 Å². The number of ether oxygens (including phenoxy) is 2. The maximum absolute atomic E-state index is 10.0. The quantitative estimate of drug-likeness (QED) is 0.169. The van der Waals surface area contributed by atoms with E-state index in [-0.39, 0.29) is 17.5 Å². The molecule has 0 fully saturated rings. The van der Waals surface area contributed by atoms with E-state index in [4.69, 9.17) is 14.7 Å². The topological polar surface area (TPSA) is 124 Å². The summed E-state index contributed by atoms with van der Waals surface area (Å²) in [5.41, 5.74) is 1.39. The Morgan fingerprint density at radius 3 is 2.47 bits per heavy atom. The van der Waals surface area contributed by atoms with Crippen LogP contribution in [0.2, 0.25) is 0 Å². The van der Waals surface area contributed by atoms with E-state index in [1.165, 1.54) is 7.11 Å². The highest BCUT2D eigenvalue weighted by Gasteiger charge is 2.35. The highest BCUT2D eigenvalue weighted by atomic mass is 17.2. The molecule has 1 heterocycles. The molecule has 0 saturated carbocycles.